The van der Waals surface area contributed by atoms with Crippen LogP contribution in [-0.2, 0) is 9.59 Å². The molecule has 1 fully saturated rings. The summed E-state index contributed by atoms with van der Waals surface area (Å²) >= 11 is 0. The van der Waals surface area contributed by atoms with E-state index in [0.29, 0.717) is 32.7 Å². The van der Waals surface area contributed by atoms with E-state index in [1.165, 1.54) is 0 Å². The molecule has 2 rings (SSSR count). The highest BCUT2D eigenvalue weighted by Crippen LogP contribution is 2.18. The number of carbonyl (C=O) groups excluding carboxylic acids is 2. The number of hydrogen-bond acceptors (Lipinski definition) is 4. The molecule has 1 aromatic carbocycles. The molecule has 0 aromatic heterocycles. The van der Waals surface area contributed by atoms with Gasteiger partial charge < -0.3 is 16.0 Å². The maximum absolute atomic E-state index is 12.3. The van der Waals surface area contributed by atoms with E-state index in [0.717, 1.165) is 16.8 Å². The Morgan fingerprint density at radius 3 is 2.38 bits per heavy atom. The Balaban J connectivity index is 1.84. The number of rotatable bonds is 4. The minimum Gasteiger partial charge on any atom is -0.339 e. The molecule has 0 radical (unpaired) electrons. The molecular weight excluding hydrogens is 304 g/mol. The lowest BCUT2D eigenvalue weighted by Gasteiger charge is -2.37. The van der Waals surface area contributed by atoms with Crippen molar-refractivity contribution in [3.63, 3.8) is 0 Å². The van der Waals surface area contributed by atoms with Crippen LogP contribution in [-0.4, -0.2) is 59.9 Å². The molecule has 24 heavy (non-hydrogen) atoms. The molecule has 6 heteroatoms. The van der Waals surface area contributed by atoms with Crippen LogP contribution < -0.4 is 11.1 Å². The lowest BCUT2D eigenvalue weighted by Crippen LogP contribution is -2.57. The summed E-state index contributed by atoms with van der Waals surface area (Å²) in [6.45, 7) is 10.4. The number of aryl methyl sites for hydroxylation is 1. The fraction of sp³-hybridized carbons (Fsp3) is 0.556. The van der Waals surface area contributed by atoms with Gasteiger partial charge in [-0.15, -0.1) is 0 Å². The number of nitrogens with zero attached hydrogens (tertiary/aromatic N) is 2. The standard InChI is InChI=1S/C18H28N4O2/c1-13-6-5-7-15(14(13)2)20-16(23)12-21-8-10-22(11-9-21)17(24)18(3,4)19/h5-7H,8-12,19H2,1-4H3,(H,20,23). The Labute approximate surface area is 144 Å². The highest BCUT2D eigenvalue weighted by Gasteiger charge is 2.30. The Morgan fingerprint density at radius 1 is 1.17 bits per heavy atom. The molecule has 6 nitrogen and oxygen atoms in total. The molecular formula is C18H28N4O2. The quantitative estimate of drug-likeness (QED) is 0.866. The van der Waals surface area contributed by atoms with E-state index in [9.17, 15) is 9.59 Å². The minimum atomic E-state index is -0.845. The maximum Gasteiger partial charge on any atom is 0.242 e. The van der Waals surface area contributed by atoms with E-state index < -0.39 is 5.54 Å². The minimum absolute atomic E-state index is 0.0253. The molecule has 2 amide bonds. The molecule has 0 atom stereocenters. The van der Waals surface area contributed by atoms with Crippen molar-refractivity contribution >= 4 is 17.5 Å². The first kappa shape index (κ1) is 18.4. The van der Waals surface area contributed by atoms with Crippen molar-refractivity contribution in [2.75, 3.05) is 38.0 Å². The van der Waals surface area contributed by atoms with Gasteiger partial charge in [-0.05, 0) is 44.9 Å². The summed E-state index contributed by atoms with van der Waals surface area (Å²) in [5, 5.41) is 2.98. The van der Waals surface area contributed by atoms with Crippen molar-refractivity contribution in [3.05, 3.63) is 29.3 Å². The Kier molecular flexibility index (Phi) is 5.62. The SMILES string of the molecule is Cc1cccc(NC(=O)CN2CCN(C(=O)C(C)(C)N)CC2)c1C. The van der Waals surface area contributed by atoms with Gasteiger partial charge in [0.2, 0.25) is 11.8 Å². The third kappa shape index (κ3) is 4.55. The third-order valence-corrected chi connectivity index (χ3v) is 4.46. The van der Waals surface area contributed by atoms with Gasteiger partial charge in [0.15, 0.2) is 0 Å². The van der Waals surface area contributed by atoms with Crippen molar-refractivity contribution in [2.45, 2.75) is 33.2 Å². The van der Waals surface area contributed by atoms with E-state index in [1.54, 1.807) is 18.7 Å². The molecule has 1 saturated heterocycles. The summed E-state index contributed by atoms with van der Waals surface area (Å²) in [7, 11) is 0. The molecule has 1 aromatic rings. The van der Waals surface area contributed by atoms with Crippen LogP contribution in [0, 0.1) is 13.8 Å². The average molecular weight is 332 g/mol. The van der Waals surface area contributed by atoms with Crippen LogP contribution in [0.5, 0.6) is 0 Å². The molecule has 0 bridgehead atoms. The first-order valence-electron chi connectivity index (χ1n) is 8.35. The molecule has 0 unspecified atom stereocenters. The van der Waals surface area contributed by atoms with E-state index in [1.807, 2.05) is 32.0 Å². The van der Waals surface area contributed by atoms with Gasteiger partial charge in [-0.2, -0.15) is 0 Å². The van der Waals surface area contributed by atoms with Crippen molar-refractivity contribution in [1.82, 2.24) is 9.80 Å². The van der Waals surface area contributed by atoms with Gasteiger partial charge in [0.05, 0.1) is 12.1 Å². The second kappa shape index (κ2) is 7.32. The van der Waals surface area contributed by atoms with Crippen molar-refractivity contribution < 1.29 is 9.59 Å². The number of piperazine rings is 1. The molecule has 0 aliphatic carbocycles. The Morgan fingerprint density at radius 2 is 1.79 bits per heavy atom. The highest BCUT2D eigenvalue weighted by molar-refractivity contribution is 5.93. The monoisotopic (exact) mass is 332 g/mol. The summed E-state index contributed by atoms with van der Waals surface area (Å²) in [6, 6.07) is 5.89. The molecule has 1 aliphatic heterocycles. The van der Waals surface area contributed by atoms with Crippen LogP contribution in [0.3, 0.4) is 0 Å². The van der Waals surface area contributed by atoms with Crippen LogP contribution in [0.1, 0.15) is 25.0 Å². The summed E-state index contributed by atoms with van der Waals surface area (Å²) in [5.41, 5.74) is 8.13. The molecule has 0 saturated carbocycles. The summed E-state index contributed by atoms with van der Waals surface area (Å²) < 4.78 is 0. The number of carbonyl (C=O) groups is 2. The van der Waals surface area contributed by atoms with Gasteiger partial charge in [0.25, 0.3) is 0 Å². The first-order chi connectivity index (χ1) is 11.2. The smallest absolute Gasteiger partial charge is 0.242 e. The van der Waals surface area contributed by atoms with Crippen LogP contribution in [0.2, 0.25) is 0 Å². The molecule has 0 spiro atoms. The number of nitrogens with two attached hydrogens (primary N) is 1. The lowest BCUT2D eigenvalue weighted by atomic mass is 10.0. The molecule has 132 valence electrons. The number of benzene rings is 1. The fourth-order valence-electron chi connectivity index (χ4n) is 2.80. The van der Waals surface area contributed by atoms with Crippen LogP contribution in [0.25, 0.3) is 0 Å². The van der Waals surface area contributed by atoms with Gasteiger partial charge in [-0.1, -0.05) is 12.1 Å². The van der Waals surface area contributed by atoms with Gasteiger partial charge in [0, 0.05) is 31.9 Å². The van der Waals surface area contributed by atoms with Crippen LogP contribution >= 0.6 is 0 Å². The number of hydrogen-bond donors (Lipinski definition) is 2. The Bertz CT molecular complexity index is 614. The van der Waals surface area contributed by atoms with Gasteiger partial charge in [-0.25, -0.2) is 0 Å². The van der Waals surface area contributed by atoms with Crippen LogP contribution in [0.4, 0.5) is 5.69 Å². The van der Waals surface area contributed by atoms with E-state index in [2.05, 4.69) is 10.2 Å². The van der Waals surface area contributed by atoms with Crippen molar-refractivity contribution in [1.29, 1.82) is 0 Å². The fourth-order valence-corrected chi connectivity index (χ4v) is 2.80. The number of nitrogens with one attached hydrogen (secondary N) is 1. The predicted octanol–water partition coefficient (Wildman–Crippen LogP) is 1.12. The van der Waals surface area contributed by atoms with E-state index in [4.69, 9.17) is 5.73 Å². The second-order valence-electron chi connectivity index (χ2n) is 7.09. The summed E-state index contributed by atoms with van der Waals surface area (Å²) in [6.07, 6.45) is 0. The molecule has 1 heterocycles. The second-order valence-corrected chi connectivity index (χ2v) is 7.09. The number of anilines is 1. The first-order valence-corrected chi connectivity index (χ1v) is 8.35. The normalized spacial score (nSPS) is 16.1. The predicted molar refractivity (Wildman–Crippen MR) is 95.8 cm³/mol. The van der Waals surface area contributed by atoms with Gasteiger partial charge in [-0.3, -0.25) is 14.5 Å². The Hall–Kier alpha value is -1.92. The van der Waals surface area contributed by atoms with E-state index in [-0.39, 0.29) is 11.8 Å². The summed E-state index contributed by atoms with van der Waals surface area (Å²) in [5.74, 6) is -0.0652. The third-order valence-electron chi connectivity index (χ3n) is 4.46. The van der Waals surface area contributed by atoms with Crippen molar-refractivity contribution in [3.8, 4) is 0 Å². The zero-order valence-corrected chi connectivity index (χ0v) is 15.1. The number of amides is 2. The average Bonchev–Trinajstić information content (AvgIpc) is 2.51. The summed E-state index contributed by atoms with van der Waals surface area (Å²) in [4.78, 5) is 28.3. The van der Waals surface area contributed by atoms with Crippen molar-refractivity contribution in [2.24, 2.45) is 5.73 Å². The lowest BCUT2D eigenvalue weighted by molar-refractivity contribution is -0.137. The zero-order chi connectivity index (χ0) is 17.9. The zero-order valence-electron chi connectivity index (χ0n) is 15.1. The molecule has 3 N–H and O–H groups in total. The van der Waals surface area contributed by atoms with Gasteiger partial charge in [0.1, 0.15) is 0 Å². The topological polar surface area (TPSA) is 78.7 Å². The van der Waals surface area contributed by atoms with Crippen LogP contribution in [0.15, 0.2) is 18.2 Å². The van der Waals surface area contributed by atoms with Gasteiger partial charge >= 0.3 is 0 Å². The van der Waals surface area contributed by atoms with E-state index >= 15 is 0 Å². The highest BCUT2D eigenvalue weighted by atomic mass is 16.2. The maximum atomic E-state index is 12.3. The molecule has 1 aliphatic rings. The largest absolute Gasteiger partial charge is 0.339 e.